The largest absolute Gasteiger partial charge is 0.494 e. The average molecular weight is 699 g/mol. The van der Waals surface area contributed by atoms with Gasteiger partial charge in [0.05, 0.1) is 38.8 Å². The van der Waals surface area contributed by atoms with Crippen LogP contribution in [0, 0.1) is 6.92 Å². The van der Waals surface area contributed by atoms with E-state index in [2.05, 4.69) is 10.6 Å². The van der Waals surface area contributed by atoms with Crippen molar-refractivity contribution in [1.82, 2.24) is 9.88 Å². The topological polar surface area (TPSA) is 143 Å². The zero-order chi connectivity index (χ0) is 36.0. The summed E-state index contributed by atoms with van der Waals surface area (Å²) in [6.07, 6.45) is 5.08. The van der Waals surface area contributed by atoms with E-state index in [4.69, 9.17) is 36.3 Å². The van der Waals surface area contributed by atoms with Gasteiger partial charge in [-0.3, -0.25) is 9.59 Å². The number of esters is 1. The van der Waals surface area contributed by atoms with Crippen molar-refractivity contribution in [2.75, 3.05) is 31.7 Å². The number of amides is 2. The molecule has 1 atom stereocenters. The molecule has 4 N–H and O–H groups in total. The molecule has 3 rings (SSSR count). The van der Waals surface area contributed by atoms with Crippen LogP contribution in [-0.4, -0.2) is 48.5 Å². The quantitative estimate of drug-likeness (QED) is 0.0939. The van der Waals surface area contributed by atoms with Gasteiger partial charge in [-0.2, -0.15) is 0 Å². The van der Waals surface area contributed by atoms with Gasteiger partial charge in [-0.15, -0.1) is 0 Å². The third-order valence-electron chi connectivity index (χ3n) is 7.36. The van der Waals surface area contributed by atoms with Crippen molar-refractivity contribution >= 4 is 29.3 Å². The van der Waals surface area contributed by atoms with Gasteiger partial charge < -0.3 is 39.9 Å². The lowest BCUT2D eigenvalue weighted by molar-refractivity contribution is -0.155. The third-order valence-corrected chi connectivity index (χ3v) is 7.72. The van der Waals surface area contributed by atoms with Crippen LogP contribution < -0.4 is 36.1 Å². The molecule has 0 bridgehead atoms. The number of halogens is 1. The third kappa shape index (κ3) is 12.3. The molecule has 2 amide bonds. The maximum absolute atomic E-state index is 14.1. The highest BCUT2D eigenvalue weighted by Crippen LogP contribution is 2.30. The highest BCUT2D eigenvalue weighted by molar-refractivity contribution is 6.31. The van der Waals surface area contributed by atoms with Crippen molar-refractivity contribution in [1.29, 1.82) is 0 Å². The molecule has 0 spiro atoms. The summed E-state index contributed by atoms with van der Waals surface area (Å²) in [5.41, 5.74) is 6.26. The monoisotopic (exact) mass is 698 g/mol. The molecule has 0 aliphatic carbocycles. The van der Waals surface area contributed by atoms with E-state index in [1.54, 1.807) is 69.4 Å². The molecular weight excluding hydrogens is 648 g/mol. The van der Waals surface area contributed by atoms with E-state index >= 15 is 0 Å². The molecule has 12 heteroatoms. The number of carbonyl (C=O) groups is 2. The molecule has 0 aliphatic heterocycles. The van der Waals surface area contributed by atoms with Crippen LogP contribution in [0.25, 0.3) is 0 Å². The summed E-state index contributed by atoms with van der Waals surface area (Å²) in [6.45, 7) is 12.8. The Morgan fingerprint density at radius 3 is 2.39 bits per heavy atom. The molecule has 268 valence electrons. The Morgan fingerprint density at radius 2 is 1.69 bits per heavy atom. The molecule has 0 saturated carbocycles. The number of ether oxygens (including phenoxy) is 4. The van der Waals surface area contributed by atoms with Crippen LogP contribution in [0.5, 0.6) is 17.2 Å². The number of hydrogen-bond acceptors (Lipinski definition) is 8. The number of benzene rings is 2. The highest BCUT2D eigenvalue weighted by atomic mass is 35.5. The molecule has 0 aliphatic rings. The van der Waals surface area contributed by atoms with Gasteiger partial charge in [0.2, 0.25) is 0 Å². The maximum Gasteiger partial charge on any atom is 0.319 e. The summed E-state index contributed by atoms with van der Waals surface area (Å²) in [5.74, 6) is 0.914. The van der Waals surface area contributed by atoms with Gasteiger partial charge >= 0.3 is 12.0 Å². The zero-order valence-electron chi connectivity index (χ0n) is 29.5. The molecule has 0 saturated heterocycles. The van der Waals surface area contributed by atoms with Crippen LogP contribution in [0.3, 0.4) is 0 Å². The lowest BCUT2D eigenvalue weighted by Gasteiger charge is -2.24. The van der Waals surface area contributed by atoms with E-state index < -0.39 is 29.2 Å². The van der Waals surface area contributed by atoms with Crippen LogP contribution >= 0.6 is 11.6 Å². The molecule has 2 aromatic carbocycles. The minimum Gasteiger partial charge on any atom is -0.494 e. The van der Waals surface area contributed by atoms with E-state index in [-0.39, 0.29) is 24.4 Å². The number of nitrogens with zero attached hydrogens (tertiary/aromatic N) is 1. The summed E-state index contributed by atoms with van der Waals surface area (Å²) >= 11 is 6.56. The molecule has 1 heterocycles. The predicted octanol–water partition coefficient (Wildman–Crippen LogP) is 7.15. The summed E-state index contributed by atoms with van der Waals surface area (Å²) in [6, 6.07) is 10.9. The number of unbranched alkanes of at least 4 members (excludes halogenated alkanes) is 3. The van der Waals surface area contributed by atoms with Crippen LogP contribution in [0.2, 0.25) is 5.02 Å². The number of aromatic nitrogens is 1. The van der Waals surface area contributed by atoms with Gasteiger partial charge in [0, 0.05) is 22.3 Å². The number of aryl methyl sites for hydroxylation is 1. The van der Waals surface area contributed by atoms with E-state index in [9.17, 15) is 14.4 Å². The van der Waals surface area contributed by atoms with Crippen molar-refractivity contribution in [2.45, 2.75) is 91.8 Å². The van der Waals surface area contributed by atoms with Crippen LogP contribution in [0.1, 0.15) is 89.5 Å². The second kappa shape index (κ2) is 19.1. The van der Waals surface area contributed by atoms with Crippen molar-refractivity contribution in [3.8, 4) is 17.2 Å². The van der Waals surface area contributed by atoms with Gasteiger partial charge in [0.15, 0.2) is 11.4 Å². The minimum absolute atomic E-state index is 0.0384. The fraction of sp³-hybridized carbons (Fsp3) is 0.486. The summed E-state index contributed by atoms with van der Waals surface area (Å²) in [7, 11) is 0. The Morgan fingerprint density at radius 1 is 0.980 bits per heavy atom. The molecule has 0 radical (unpaired) electrons. The first-order valence-electron chi connectivity index (χ1n) is 16.9. The first-order valence-corrected chi connectivity index (χ1v) is 17.2. The SMILES string of the molecule is CCOc1cccc([C@H](CC(=O)OC(C)(C)C)NC(=O)Nc2c(OCCCCCCN)c(C)cn(Cc3c(Cl)cccc3OCC)c2=O)c1. The summed E-state index contributed by atoms with van der Waals surface area (Å²) in [4.78, 5) is 40.8. The average Bonchev–Trinajstić information content (AvgIpc) is 3.03. The normalized spacial score (nSPS) is 11.8. The van der Waals surface area contributed by atoms with Crippen LogP contribution in [0.15, 0.2) is 53.5 Å². The van der Waals surface area contributed by atoms with Crippen molar-refractivity contribution in [3.05, 3.63) is 80.7 Å². The predicted molar refractivity (Wildman–Crippen MR) is 193 cm³/mol. The molecule has 0 unspecified atom stereocenters. The van der Waals surface area contributed by atoms with Gasteiger partial charge in [-0.1, -0.05) is 42.6 Å². The van der Waals surface area contributed by atoms with Gasteiger partial charge in [0.1, 0.15) is 17.1 Å². The number of rotatable bonds is 18. The maximum atomic E-state index is 14.1. The van der Waals surface area contributed by atoms with Crippen LogP contribution in [0.4, 0.5) is 10.5 Å². The van der Waals surface area contributed by atoms with Crippen molar-refractivity contribution < 1.29 is 28.5 Å². The minimum atomic E-state index is -0.800. The lowest BCUT2D eigenvalue weighted by Crippen LogP contribution is -2.37. The summed E-state index contributed by atoms with van der Waals surface area (Å²) < 4.78 is 24.6. The Kier molecular flexibility index (Phi) is 15.3. The molecular formula is C37H51ClN4O7. The fourth-order valence-corrected chi connectivity index (χ4v) is 5.45. The van der Waals surface area contributed by atoms with Crippen molar-refractivity contribution in [3.63, 3.8) is 0 Å². The first kappa shape index (κ1) is 39.2. The second-order valence-corrected chi connectivity index (χ2v) is 13.0. The lowest BCUT2D eigenvalue weighted by atomic mass is 10.0. The van der Waals surface area contributed by atoms with E-state index in [1.807, 2.05) is 20.8 Å². The van der Waals surface area contributed by atoms with E-state index in [0.717, 1.165) is 25.7 Å². The van der Waals surface area contributed by atoms with Crippen molar-refractivity contribution in [2.24, 2.45) is 5.73 Å². The molecule has 49 heavy (non-hydrogen) atoms. The number of anilines is 1. The summed E-state index contributed by atoms with van der Waals surface area (Å²) in [5, 5.41) is 6.07. The molecule has 11 nitrogen and oxygen atoms in total. The number of nitrogens with one attached hydrogen (secondary N) is 2. The second-order valence-electron chi connectivity index (χ2n) is 12.6. The van der Waals surface area contributed by atoms with E-state index in [0.29, 0.717) is 59.6 Å². The zero-order valence-corrected chi connectivity index (χ0v) is 30.3. The Balaban J connectivity index is 1.99. The smallest absolute Gasteiger partial charge is 0.319 e. The highest BCUT2D eigenvalue weighted by Gasteiger charge is 2.25. The number of nitrogens with two attached hydrogens (primary N) is 1. The van der Waals surface area contributed by atoms with Gasteiger partial charge in [-0.05, 0) is 90.8 Å². The number of hydrogen-bond donors (Lipinski definition) is 3. The van der Waals surface area contributed by atoms with Gasteiger partial charge in [0.25, 0.3) is 5.56 Å². The van der Waals surface area contributed by atoms with Gasteiger partial charge in [-0.25, -0.2) is 4.79 Å². The van der Waals surface area contributed by atoms with E-state index in [1.165, 1.54) is 4.57 Å². The fourth-order valence-electron chi connectivity index (χ4n) is 5.23. The Labute approximate surface area is 294 Å². The molecule has 3 aromatic rings. The number of pyridine rings is 1. The number of carbonyl (C=O) groups excluding carboxylic acids is 2. The Bertz CT molecular complexity index is 1600. The molecule has 0 fully saturated rings. The molecule has 1 aromatic heterocycles. The standard InChI is InChI=1S/C37H51ClN4O7/c1-7-46-27-16-13-15-26(21-27)30(22-32(43)49-37(4,5)6)40-36(45)41-33-34(48-20-12-10-9-11-19-39)25(3)23-42(35(33)44)24-28-29(38)17-14-18-31(28)47-8-2/h13-18,21,23,30H,7-12,19-20,22,24,39H2,1-6H3,(H2,40,41,45)/t30-/m0/s1. The number of urea groups is 1. The van der Waals surface area contributed by atoms with Crippen LogP contribution in [-0.2, 0) is 16.1 Å². The Hall–Kier alpha value is -4.22. The first-order chi connectivity index (χ1) is 23.4.